The second-order valence-corrected chi connectivity index (χ2v) is 6.56. The SMILES string of the molecule is CCCCCc1cccc(O)c1C1=N[C@@H](C(=O)N(C)OC)CS1. The van der Waals surface area contributed by atoms with Crippen LogP contribution in [0.1, 0.15) is 37.3 Å². The van der Waals surface area contributed by atoms with Crippen molar-refractivity contribution in [1.82, 2.24) is 5.06 Å². The highest BCUT2D eigenvalue weighted by molar-refractivity contribution is 8.14. The molecule has 0 bridgehead atoms. The van der Waals surface area contributed by atoms with Gasteiger partial charge in [-0.05, 0) is 24.5 Å². The Morgan fingerprint density at radius 2 is 2.26 bits per heavy atom. The lowest BCUT2D eigenvalue weighted by molar-refractivity contribution is -0.169. The maximum absolute atomic E-state index is 12.2. The zero-order valence-corrected chi connectivity index (χ0v) is 14.7. The number of likely N-dealkylation sites (N-methyl/N-ethyl adjacent to an activating group) is 1. The number of phenolic OH excluding ortho intramolecular Hbond substituents is 1. The van der Waals surface area contributed by atoms with Crippen molar-refractivity contribution in [3.05, 3.63) is 29.3 Å². The van der Waals surface area contributed by atoms with Crippen molar-refractivity contribution in [3.63, 3.8) is 0 Å². The van der Waals surface area contributed by atoms with Crippen molar-refractivity contribution >= 4 is 22.7 Å². The third kappa shape index (κ3) is 4.26. The van der Waals surface area contributed by atoms with Crippen LogP contribution < -0.4 is 0 Å². The van der Waals surface area contributed by atoms with Gasteiger partial charge in [0.15, 0.2) is 0 Å². The number of phenols is 1. The molecule has 5 nitrogen and oxygen atoms in total. The summed E-state index contributed by atoms with van der Waals surface area (Å²) in [5.74, 6) is 0.640. The highest BCUT2D eigenvalue weighted by Crippen LogP contribution is 2.32. The van der Waals surface area contributed by atoms with E-state index in [-0.39, 0.29) is 11.7 Å². The van der Waals surface area contributed by atoms with Crippen LogP contribution in [-0.4, -0.2) is 47.1 Å². The molecule has 1 aliphatic heterocycles. The van der Waals surface area contributed by atoms with E-state index in [1.807, 2.05) is 12.1 Å². The topological polar surface area (TPSA) is 62.1 Å². The van der Waals surface area contributed by atoms with Crippen molar-refractivity contribution in [3.8, 4) is 5.75 Å². The molecule has 1 aromatic rings. The minimum atomic E-state index is -0.456. The number of carbonyl (C=O) groups excluding carboxylic acids is 1. The third-order valence-electron chi connectivity index (χ3n) is 3.91. The Bertz CT molecular complexity index is 589. The number of hydrogen-bond acceptors (Lipinski definition) is 5. The Balaban J connectivity index is 2.22. The van der Waals surface area contributed by atoms with Crippen molar-refractivity contribution in [2.45, 2.75) is 38.6 Å². The molecule has 23 heavy (non-hydrogen) atoms. The summed E-state index contributed by atoms with van der Waals surface area (Å²) in [5.41, 5.74) is 1.88. The Kier molecular flexibility index (Phi) is 6.47. The van der Waals surface area contributed by atoms with Crippen LogP contribution in [0.2, 0.25) is 0 Å². The smallest absolute Gasteiger partial charge is 0.271 e. The highest BCUT2D eigenvalue weighted by Gasteiger charge is 2.30. The van der Waals surface area contributed by atoms with Crippen LogP contribution in [0.15, 0.2) is 23.2 Å². The standard InChI is InChI=1S/C17H24N2O3S/c1-4-5-6-8-12-9-7-10-14(20)15(12)16-18-13(11-23-16)17(21)19(2)22-3/h7,9-10,13,20H,4-6,8,11H2,1-3H3/t13-/m1/s1. The van der Waals surface area contributed by atoms with Gasteiger partial charge in [-0.2, -0.15) is 0 Å². The quantitative estimate of drug-likeness (QED) is 0.614. The summed E-state index contributed by atoms with van der Waals surface area (Å²) in [6.07, 6.45) is 4.31. The summed E-state index contributed by atoms with van der Waals surface area (Å²) >= 11 is 1.51. The number of benzene rings is 1. The fourth-order valence-electron chi connectivity index (χ4n) is 2.54. The molecule has 1 heterocycles. The van der Waals surface area contributed by atoms with Crippen LogP contribution in [0.4, 0.5) is 0 Å². The average Bonchev–Trinajstić information content (AvgIpc) is 3.03. The summed E-state index contributed by atoms with van der Waals surface area (Å²) in [6.45, 7) is 2.17. The Hall–Kier alpha value is -1.53. The first kappa shape index (κ1) is 17.8. The summed E-state index contributed by atoms with van der Waals surface area (Å²) in [4.78, 5) is 21.6. The molecular weight excluding hydrogens is 312 g/mol. The van der Waals surface area contributed by atoms with Crippen LogP contribution in [0.25, 0.3) is 0 Å². The lowest BCUT2D eigenvalue weighted by Gasteiger charge is -2.15. The van der Waals surface area contributed by atoms with Crippen LogP contribution in [0.5, 0.6) is 5.75 Å². The Morgan fingerprint density at radius 3 is 2.96 bits per heavy atom. The van der Waals surface area contributed by atoms with Crippen LogP contribution in [0, 0.1) is 0 Å². The molecule has 1 aliphatic rings. The summed E-state index contributed by atoms with van der Waals surface area (Å²) < 4.78 is 0. The molecule has 0 radical (unpaired) electrons. The molecule has 2 rings (SSSR count). The van der Waals surface area contributed by atoms with Gasteiger partial charge in [0.2, 0.25) is 0 Å². The average molecular weight is 336 g/mol. The molecule has 1 atom stereocenters. The molecule has 0 saturated heterocycles. The molecule has 0 saturated carbocycles. The molecule has 6 heteroatoms. The van der Waals surface area contributed by atoms with Gasteiger partial charge in [-0.3, -0.25) is 14.6 Å². The zero-order chi connectivity index (χ0) is 16.8. The normalized spacial score (nSPS) is 17.2. The second kappa shape index (κ2) is 8.36. The van der Waals surface area contributed by atoms with E-state index >= 15 is 0 Å². The van der Waals surface area contributed by atoms with Gasteiger partial charge in [-0.15, -0.1) is 11.8 Å². The monoisotopic (exact) mass is 336 g/mol. The summed E-state index contributed by atoms with van der Waals surface area (Å²) in [5, 5.41) is 12.2. The minimum absolute atomic E-state index is 0.169. The highest BCUT2D eigenvalue weighted by atomic mass is 32.2. The minimum Gasteiger partial charge on any atom is -0.507 e. The van der Waals surface area contributed by atoms with Gasteiger partial charge in [0, 0.05) is 12.8 Å². The van der Waals surface area contributed by atoms with Crippen LogP contribution in [-0.2, 0) is 16.1 Å². The third-order valence-corrected chi connectivity index (χ3v) is 4.98. The lowest BCUT2D eigenvalue weighted by atomic mass is 10.0. The van der Waals surface area contributed by atoms with Crippen molar-refractivity contribution < 1.29 is 14.7 Å². The first-order valence-corrected chi connectivity index (χ1v) is 8.90. The number of amides is 1. The molecular formula is C17H24N2O3S. The number of hydrogen-bond donors (Lipinski definition) is 1. The number of hydroxylamine groups is 2. The number of unbranched alkanes of at least 4 members (excludes halogenated alkanes) is 2. The van der Waals surface area contributed by atoms with E-state index in [1.165, 1.54) is 23.9 Å². The van der Waals surface area contributed by atoms with E-state index < -0.39 is 6.04 Å². The van der Waals surface area contributed by atoms with Crippen molar-refractivity contribution in [2.75, 3.05) is 19.9 Å². The van der Waals surface area contributed by atoms with Crippen LogP contribution >= 0.6 is 11.8 Å². The van der Waals surface area contributed by atoms with E-state index in [2.05, 4.69) is 11.9 Å². The van der Waals surface area contributed by atoms with E-state index in [1.54, 1.807) is 13.1 Å². The largest absolute Gasteiger partial charge is 0.507 e. The molecule has 126 valence electrons. The molecule has 0 spiro atoms. The van der Waals surface area contributed by atoms with Crippen LogP contribution in [0.3, 0.4) is 0 Å². The maximum atomic E-state index is 12.2. The molecule has 1 aromatic carbocycles. The fraction of sp³-hybridized carbons (Fsp3) is 0.529. The predicted molar refractivity (Wildman–Crippen MR) is 93.9 cm³/mol. The number of rotatable bonds is 7. The van der Waals surface area contributed by atoms with Gasteiger partial charge in [-0.1, -0.05) is 31.9 Å². The summed E-state index contributed by atoms with van der Waals surface area (Å²) in [6, 6.07) is 5.12. The number of carbonyl (C=O) groups is 1. The van der Waals surface area contributed by atoms with Gasteiger partial charge in [0.25, 0.3) is 5.91 Å². The fourth-order valence-corrected chi connectivity index (χ4v) is 3.66. The lowest BCUT2D eigenvalue weighted by Crippen LogP contribution is -2.34. The number of thioether (sulfide) groups is 1. The van der Waals surface area contributed by atoms with Gasteiger partial charge in [0.1, 0.15) is 16.8 Å². The van der Waals surface area contributed by atoms with Gasteiger partial charge in [0.05, 0.1) is 12.7 Å². The zero-order valence-electron chi connectivity index (χ0n) is 13.9. The predicted octanol–water partition coefficient (Wildman–Crippen LogP) is 3.01. The van der Waals surface area contributed by atoms with Crippen molar-refractivity contribution in [2.24, 2.45) is 4.99 Å². The van der Waals surface area contributed by atoms with E-state index in [0.717, 1.165) is 41.9 Å². The molecule has 1 N–H and O–H groups in total. The number of aliphatic imine (C=N–C) groups is 1. The van der Waals surface area contributed by atoms with E-state index in [0.29, 0.717) is 5.75 Å². The van der Waals surface area contributed by atoms with E-state index in [4.69, 9.17) is 4.84 Å². The van der Waals surface area contributed by atoms with Gasteiger partial charge in [-0.25, -0.2) is 5.06 Å². The summed E-state index contributed by atoms with van der Waals surface area (Å²) in [7, 11) is 3.04. The molecule has 0 aliphatic carbocycles. The molecule has 0 fully saturated rings. The van der Waals surface area contributed by atoms with Crippen molar-refractivity contribution in [1.29, 1.82) is 0 Å². The molecule has 0 aromatic heterocycles. The van der Waals surface area contributed by atoms with Gasteiger partial charge < -0.3 is 5.11 Å². The number of aryl methyl sites for hydroxylation is 1. The second-order valence-electron chi connectivity index (χ2n) is 5.55. The molecule has 0 unspecified atom stereocenters. The number of aromatic hydroxyl groups is 1. The first-order chi connectivity index (χ1) is 11.1. The molecule has 1 amide bonds. The maximum Gasteiger partial charge on any atom is 0.271 e. The van der Waals surface area contributed by atoms with E-state index in [9.17, 15) is 9.90 Å². The number of nitrogens with zero attached hydrogens (tertiary/aromatic N) is 2. The Labute approximate surface area is 141 Å². The van der Waals surface area contributed by atoms with Gasteiger partial charge >= 0.3 is 0 Å². The first-order valence-electron chi connectivity index (χ1n) is 7.92. The Morgan fingerprint density at radius 1 is 1.48 bits per heavy atom.